The molecule has 0 radical (unpaired) electrons. The van der Waals surface area contributed by atoms with E-state index in [1.807, 2.05) is 12.1 Å². The Kier molecular flexibility index (Phi) is 4.23. The Labute approximate surface area is 100 Å². The molecule has 1 unspecified atom stereocenters. The van der Waals surface area contributed by atoms with Crippen molar-refractivity contribution in [2.75, 3.05) is 0 Å². The second-order valence-corrected chi connectivity index (χ2v) is 4.86. The zero-order chi connectivity index (χ0) is 13.1. The van der Waals surface area contributed by atoms with E-state index in [-0.39, 0.29) is 6.42 Å². The van der Waals surface area contributed by atoms with Crippen molar-refractivity contribution in [1.82, 2.24) is 0 Å². The molecule has 0 amide bonds. The Morgan fingerprint density at radius 3 is 2.59 bits per heavy atom. The maximum Gasteiger partial charge on any atom is 0.320 e. The second kappa shape index (κ2) is 5.27. The maximum atomic E-state index is 13.5. The number of hydrogen-bond acceptors (Lipinski definition) is 2. The van der Waals surface area contributed by atoms with Crippen LogP contribution in [0.15, 0.2) is 24.3 Å². The molecule has 0 spiro atoms. The number of carbonyl (C=O) groups is 1. The topological polar surface area (TPSA) is 63.3 Å². The van der Waals surface area contributed by atoms with Crippen LogP contribution >= 0.6 is 0 Å². The van der Waals surface area contributed by atoms with E-state index < -0.39 is 17.7 Å². The number of nitrogens with two attached hydrogens (primary N) is 1. The van der Waals surface area contributed by atoms with Crippen LogP contribution < -0.4 is 5.73 Å². The third-order valence-corrected chi connectivity index (χ3v) is 2.39. The van der Waals surface area contributed by atoms with Crippen LogP contribution in [0.1, 0.15) is 25.0 Å². The fourth-order valence-corrected chi connectivity index (χ4v) is 1.69. The van der Waals surface area contributed by atoms with Gasteiger partial charge in [0.05, 0.1) is 0 Å². The van der Waals surface area contributed by atoms with E-state index >= 15 is 0 Å². The summed E-state index contributed by atoms with van der Waals surface area (Å²) < 4.78 is 13.5. The third-order valence-electron chi connectivity index (χ3n) is 2.39. The molecule has 3 nitrogen and oxygen atoms in total. The van der Waals surface area contributed by atoms with Crippen LogP contribution in [0.4, 0.5) is 4.39 Å². The van der Waals surface area contributed by atoms with Crippen molar-refractivity contribution in [2.24, 2.45) is 5.73 Å². The Balaban J connectivity index is 2.76. The van der Waals surface area contributed by atoms with E-state index in [2.05, 4.69) is 0 Å². The molecule has 1 rings (SSSR count). The number of aliphatic carboxylic acids is 1. The zero-order valence-electron chi connectivity index (χ0n) is 10.1. The van der Waals surface area contributed by atoms with Crippen LogP contribution in [0.5, 0.6) is 0 Å². The SMILES string of the molecule is CC(C)(F)Cc1cccc(CC(N)C(=O)O)c1. The minimum Gasteiger partial charge on any atom is -0.480 e. The van der Waals surface area contributed by atoms with Crippen molar-refractivity contribution < 1.29 is 14.3 Å². The summed E-state index contributed by atoms with van der Waals surface area (Å²) in [4.78, 5) is 10.6. The molecule has 3 N–H and O–H groups in total. The molecule has 1 atom stereocenters. The van der Waals surface area contributed by atoms with Crippen LogP contribution in [0.2, 0.25) is 0 Å². The molecule has 0 aromatic heterocycles. The van der Waals surface area contributed by atoms with Crippen molar-refractivity contribution in [3.63, 3.8) is 0 Å². The molecule has 1 aromatic rings. The van der Waals surface area contributed by atoms with E-state index in [1.54, 1.807) is 12.1 Å². The first-order valence-corrected chi connectivity index (χ1v) is 5.53. The largest absolute Gasteiger partial charge is 0.480 e. The van der Waals surface area contributed by atoms with E-state index in [1.165, 1.54) is 13.8 Å². The minimum atomic E-state index is -1.27. The van der Waals surface area contributed by atoms with Crippen molar-refractivity contribution in [2.45, 2.75) is 38.4 Å². The molecule has 1 aromatic carbocycles. The fourth-order valence-electron chi connectivity index (χ4n) is 1.69. The number of alkyl halides is 1. The highest BCUT2D eigenvalue weighted by Crippen LogP contribution is 2.18. The Morgan fingerprint density at radius 1 is 1.47 bits per heavy atom. The van der Waals surface area contributed by atoms with E-state index in [9.17, 15) is 9.18 Å². The smallest absolute Gasteiger partial charge is 0.320 e. The molecule has 0 saturated carbocycles. The number of halogens is 1. The summed E-state index contributed by atoms with van der Waals surface area (Å²) in [5.41, 5.74) is 5.86. The zero-order valence-corrected chi connectivity index (χ0v) is 10.1. The summed E-state index contributed by atoms with van der Waals surface area (Å²) in [5.74, 6) is -1.03. The highest BCUT2D eigenvalue weighted by Gasteiger charge is 2.17. The number of hydrogen-bond donors (Lipinski definition) is 2. The molecule has 94 valence electrons. The Bertz CT molecular complexity index is 399. The lowest BCUT2D eigenvalue weighted by molar-refractivity contribution is -0.138. The first-order chi connectivity index (χ1) is 7.78. The van der Waals surface area contributed by atoms with Crippen LogP contribution in [0.25, 0.3) is 0 Å². The van der Waals surface area contributed by atoms with Crippen LogP contribution in [0, 0.1) is 0 Å². The molecule has 17 heavy (non-hydrogen) atoms. The summed E-state index contributed by atoms with van der Waals surface area (Å²) in [6.07, 6.45) is 0.568. The van der Waals surface area contributed by atoms with Crippen molar-refractivity contribution >= 4 is 5.97 Å². The van der Waals surface area contributed by atoms with Crippen molar-refractivity contribution in [1.29, 1.82) is 0 Å². The van der Waals surface area contributed by atoms with E-state index in [0.717, 1.165) is 11.1 Å². The standard InChI is InChI=1S/C13H18FNO2/c1-13(2,14)8-10-5-3-4-9(6-10)7-11(15)12(16)17/h3-6,11H,7-8,15H2,1-2H3,(H,16,17). The predicted molar refractivity (Wildman–Crippen MR) is 64.6 cm³/mol. The second-order valence-electron chi connectivity index (χ2n) is 4.86. The summed E-state index contributed by atoms with van der Waals surface area (Å²) >= 11 is 0. The minimum absolute atomic E-state index is 0.260. The lowest BCUT2D eigenvalue weighted by Crippen LogP contribution is -2.32. The normalized spacial score (nSPS) is 13.4. The number of carboxylic acid groups (broad SMARTS) is 1. The molecular weight excluding hydrogens is 221 g/mol. The van der Waals surface area contributed by atoms with Gasteiger partial charge in [0.25, 0.3) is 0 Å². The van der Waals surface area contributed by atoms with Gasteiger partial charge in [-0.05, 0) is 31.4 Å². The van der Waals surface area contributed by atoms with Gasteiger partial charge in [-0.15, -0.1) is 0 Å². The molecule has 0 saturated heterocycles. The lowest BCUT2D eigenvalue weighted by Gasteiger charge is -2.15. The van der Waals surface area contributed by atoms with Gasteiger partial charge in [-0.25, -0.2) is 4.39 Å². The Hall–Kier alpha value is -1.42. The average molecular weight is 239 g/mol. The van der Waals surface area contributed by atoms with Gasteiger partial charge in [0.15, 0.2) is 0 Å². The first-order valence-electron chi connectivity index (χ1n) is 5.53. The van der Waals surface area contributed by atoms with Crippen LogP contribution in [-0.4, -0.2) is 22.8 Å². The highest BCUT2D eigenvalue weighted by atomic mass is 19.1. The number of benzene rings is 1. The van der Waals surface area contributed by atoms with Gasteiger partial charge < -0.3 is 10.8 Å². The van der Waals surface area contributed by atoms with Gasteiger partial charge in [-0.2, -0.15) is 0 Å². The Morgan fingerprint density at radius 2 is 2.06 bits per heavy atom. The van der Waals surface area contributed by atoms with Gasteiger partial charge in [0, 0.05) is 6.42 Å². The average Bonchev–Trinajstić information content (AvgIpc) is 2.15. The summed E-state index contributed by atoms with van der Waals surface area (Å²) in [7, 11) is 0. The van der Waals surface area contributed by atoms with Gasteiger partial charge in [0.2, 0.25) is 0 Å². The number of carboxylic acids is 1. The molecular formula is C13H18FNO2. The van der Waals surface area contributed by atoms with E-state index in [4.69, 9.17) is 10.8 Å². The van der Waals surface area contributed by atoms with Gasteiger partial charge >= 0.3 is 5.97 Å². The van der Waals surface area contributed by atoms with E-state index in [0.29, 0.717) is 6.42 Å². The maximum absolute atomic E-state index is 13.5. The molecule has 0 aliphatic rings. The van der Waals surface area contributed by atoms with Gasteiger partial charge in [-0.3, -0.25) is 4.79 Å². The summed E-state index contributed by atoms with van der Waals surface area (Å²) in [5, 5.41) is 8.71. The fraction of sp³-hybridized carbons (Fsp3) is 0.462. The molecule has 0 aliphatic carbocycles. The summed E-state index contributed by atoms with van der Waals surface area (Å²) in [6.45, 7) is 3.03. The molecule has 4 heteroatoms. The van der Waals surface area contributed by atoms with Crippen molar-refractivity contribution in [3.05, 3.63) is 35.4 Å². The van der Waals surface area contributed by atoms with Gasteiger partial charge in [0.1, 0.15) is 11.7 Å². The molecule has 0 fully saturated rings. The van der Waals surface area contributed by atoms with Gasteiger partial charge in [-0.1, -0.05) is 24.3 Å². The molecule has 0 heterocycles. The molecule has 0 bridgehead atoms. The first kappa shape index (κ1) is 13.6. The van der Waals surface area contributed by atoms with Crippen LogP contribution in [0.3, 0.4) is 0 Å². The predicted octanol–water partition coefficient (Wildman–Crippen LogP) is 1.93. The highest BCUT2D eigenvalue weighted by molar-refractivity contribution is 5.73. The monoisotopic (exact) mass is 239 g/mol. The third kappa shape index (κ3) is 4.95. The lowest BCUT2D eigenvalue weighted by atomic mass is 9.97. The number of rotatable bonds is 5. The quantitative estimate of drug-likeness (QED) is 0.825. The van der Waals surface area contributed by atoms with Crippen LogP contribution in [-0.2, 0) is 17.6 Å². The molecule has 0 aliphatic heterocycles. The van der Waals surface area contributed by atoms with Crippen molar-refractivity contribution in [3.8, 4) is 0 Å². The summed E-state index contributed by atoms with van der Waals surface area (Å²) in [6, 6.07) is 6.33.